The molecule has 0 saturated heterocycles. The molecule has 88 valence electrons. The van der Waals surface area contributed by atoms with Gasteiger partial charge in [-0.25, -0.2) is 0 Å². The second-order valence-electron chi connectivity index (χ2n) is 3.77. The molecule has 0 fully saturated rings. The van der Waals surface area contributed by atoms with Crippen molar-refractivity contribution in [3.63, 3.8) is 0 Å². The summed E-state index contributed by atoms with van der Waals surface area (Å²) >= 11 is 7.32. The Bertz CT molecular complexity index is 537. The molecule has 0 amide bonds. The van der Waals surface area contributed by atoms with Crippen LogP contribution in [-0.2, 0) is 0 Å². The van der Waals surface area contributed by atoms with E-state index in [1.807, 2.05) is 31.4 Å². The number of aryl methyl sites for hydroxylation is 2. The fourth-order valence-electron chi connectivity index (χ4n) is 1.63. The van der Waals surface area contributed by atoms with Gasteiger partial charge in [0, 0.05) is 16.5 Å². The van der Waals surface area contributed by atoms with Crippen LogP contribution in [0.15, 0.2) is 23.6 Å². The van der Waals surface area contributed by atoms with Crippen molar-refractivity contribution in [3.8, 4) is 11.5 Å². The number of rotatable bonds is 3. The number of aldehydes is 1. The van der Waals surface area contributed by atoms with Gasteiger partial charge in [0.25, 0.3) is 0 Å². The number of ether oxygens (including phenoxy) is 1. The number of carbonyl (C=O) groups excluding carboxylic acids is 1. The van der Waals surface area contributed by atoms with E-state index in [0.29, 0.717) is 15.6 Å². The van der Waals surface area contributed by atoms with Crippen molar-refractivity contribution in [1.82, 2.24) is 0 Å². The van der Waals surface area contributed by atoms with Crippen LogP contribution in [0.4, 0.5) is 0 Å². The zero-order valence-electron chi connectivity index (χ0n) is 9.49. The van der Waals surface area contributed by atoms with Crippen LogP contribution in [-0.4, -0.2) is 6.29 Å². The lowest BCUT2D eigenvalue weighted by Gasteiger charge is -2.10. The maximum Gasteiger partial charge on any atom is 0.160 e. The van der Waals surface area contributed by atoms with Crippen LogP contribution in [0.2, 0.25) is 5.02 Å². The molecule has 1 aromatic heterocycles. The molecular formula is C13H11ClO2S. The first kappa shape index (κ1) is 12.1. The zero-order valence-corrected chi connectivity index (χ0v) is 11.1. The molecule has 2 aromatic rings. The van der Waals surface area contributed by atoms with E-state index in [2.05, 4.69) is 0 Å². The molecule has 0 N–H and O–H groups in total. The lowest BCUT2D eigenvalue weighted by atomic mass is 10.1. The van der Waals surface area contributed by atoms with Crippen LogP contribution in [0.3, 0.4) is 0 Å². The minimum atomic E-state index is 0.657. The molecule has 0 spiro atoms. The van der Waals surface area contributed by atoms with Gasteiger partial charge in [-0.1, -0.05) is 11.6 Å². The highest BCUT2D eigenvalue weighted by Gasteiger charge is 2.08. The molecule has 0 aliphatic rings. The second-order valence-corrected chi connectivity index (χ2v) is 5.15. The maximum atomic E-state index is 10.6. The molecule has 0 aliphatic heterocycles. The Balaban J connectivity index is 2.32. The summed E-state index contributed by atoms with van der Waals surface area (Å²) in [6.45, 7) is 3.89. The Morgan fingerprint density at radius 3 is 2.41 bits per heavy atom. The minimum Gasteiger partial charge on any atom is -0.456 e. The average molecular weight is 267 g/mol. The van der Waals surface area contributed by atoms with E-state index in [1.165, 1.54) is 11.3 Å². The lowest BCUT2D eigenvalue weighted by molar-refractivity contribution is 0.112. The van der Waals surface area contributed by atoms with Crippen LogP contribution in [0.1, 0.15) is 20.8 Å². The van der Waals surface area contributed by atoms with Crippen molar-refractivity contribution < 1.29 is 9.53 Å². The number of hydrogen-bond acceptors (Lipinski definition) is 3. The molecule has 2 nitrogen and oxygen atoms in total. The summed E-state index contributed by atoms with van der Waals surface area (Å²) in [7, 11) is 0. The molecular weight excluding hydrogens is 256 g/mol. The van der Waals surface area contributed by atoms with Gasteiger partial charge in [-0.2, -0.15) is 0 Å². The van der Waals surface area contributed by atoms with E-state index in [4.69, 9.17) is 16.3 Å². The fourth-order valence-corrected chi connectivity index (χ4v) is 2.56. The predicted molar refractivity (Wildman–Crippen MR) is 70.7 cm³/mol. The average Bonchev–Trinajstić information content (AvgIpc) is 2.71. The molecule has 0 atom stereocenters. The van der Waals surface area contributed by atoms with E-state index >= 15 is 0 Å². The lowest BCUT2D eigenvalue weighted by Crippen LogP contribution is -1.90. The molecule has 0 unspecified atom stereocenters. The van der Waals surface area contributed by atoms with Crippen molar-refractivity contribution in [2.75, 3.05) is 0 Å². The van der Waals surface area contributed by atoms with Gasteiger partial charge in [-0.3, -0.25) is 4.79 Å². The molecule has 17 heavy (non-hydrogen) atoms. The van der Waals surface area contributed by atoms with Gasteiger partial charge in [-0.15, -0.1) is 11.3 Å². The Hall–Kier alpha value is -1.32. The van der Waals surface area contributed by atoms with Crippen molar-refractivity contribution in [1.29, 1.82) is 0 Å². The molecule has 1 aromatic carbocycles. The Morgan fingerprint density at radius 2 is 1.88 bits per heavy atom. The number of halogens is 1. The Morgan fingerprint density at radius 1 is 1.24 bits per heavy atom. The standard InChI is InChI=1S/C13H11ClO2S/c1-8-3-10(14)4-9(2)13(8)16-11-5-12(6-15)17-7-11/h3-7H,1-2H3. The number of hydrogen-bond donors (Lipinski definition) is 0. The number of carbonyl (C=O) groups is 1. The quantitative estimate of drug-likeness (QED) is 0.758. The van der Waals surface area contributed by atoms with Gasteiger partial charge in [0.1, 0.15) is 11.5 Å². The van der Waals surface area contributed by atoms with Gasteiger partial charge in [0.15, 0.2) is 6.29 Å². The zero-order chi connectivity index (χ0) is 12.4. The first-order chi connectivity index (χ1) is 8.10. The molecule has 0 saturated carbocycles. The molecule has 0 aliphatic carbocycles. The first-order valence-corrected chi connectivity index (χ1v) is 6.34. The van der Waals surface area contributed by atoms with E-state index in [1.54, 1.807) is 6.07 Å². The molecule has 2 rings (SSSR count). The van der Waals surface area contributed by atoms with Gasteiger partial charge >= 0.3 is 0 Å². The topological polar surface area (TPSA) is 26.3 Å². The summed E-state index contributed by atoms with van der Waals surface area (Å²) in [6.07, 6.45) is 0.819. The number of benzene rings is 1. The van der Waals surface area contributed by atoms with E-state index in [-0.39, 0.29) is 0 Å². The molecule has 4 heteroatoms. The summed E-state index contributed by atoms with van der Waals surface area (Å²) in [6, 6.07) is 5.44. The van der Waals surface area contributed by atoms with Crippen LogP contribution < -0.4 is 4.74 Å². The van der Waals surface area contributed by atoms with Crippen molar-refractivity contribution in [2.45, 2.75) is 13.8 Å². The van der Waals surface area contributed by atoms with Crippen molar-refractivity contribution in [2.24, 2.45) is 0 Å². The SMILES string of the molecule is Cc1cc(Cl)cc(C)c1Oc1csc(C=O)c1. The smallest absolute Gasteiger partial charge is 0.160 e. The Labute approximate surface area is 109 Å². The summed E-state index contributed by atoms with van der Waals surface area (Å²) in [4.78, 5) is 11.2. The third-order valence-corrected chi connectivity index (χ3v) is 3.41. The minimum absolute atomic E-state index is 0.657. The monoisotopic (exact) mass is 266 g/mol. The summed E-state index contributed by atoms with van der Waals surface area (Å²) in [5.74, 6) is 1.48. The van der Waals surface area contributed by atoms with Gasteiger partial charge < -0.3 is 4.74 Å². The van der Waals surface area contributed by atoms with E-state index in [0.717, 1.165) is 23.2 Å². The summed E-state index contributed by atoms with van der Waals surface area (Å²) < 4.78 is 5.77. The summed E-state index contributed by atoms with van der Waals surface area (Å²) in [5, 5.41) is 2.52. The van der Waals surface area contributed by atoms with Crippen LogP contribution in [0, 0.1) is 13.8 Å². The normalized spacial score (nSPS) is 10.3. The first-order valence-electron chi connectivity index (χ1n) is 5.08. The van der Waals surface area contributed by atoms with Crippen LogP contribution >= 0.6 is 22.9 Å². The molecule has 0 radical (unpaired) electrons. The van der Waals surface area contributed by atoms with Crippen molar-refractivity contribution in [3.05, 3.63) is 44.6 Å². The van der Waals surface area contributed by atoms with Crippen LogP contribution in [0.25, 0.3) is 0 Å². The summed E-state index contributed by atoms with van der Waals surface area (Å²) in [5.41, 5.74) is 1.96. The van der Waals surface area contributed by atoms with E-state index in [9.17, 15) is 4.79 Å². The third kappa shape index (κ3) is 2.68. The Kier molecular flexibility index (Phi) is 3.50. The highest BCUT2D eigenvalue weighted by molar-refractivity contribution is 7.11. The highest BCUT2D eigenvalue weighted by Crippen LogP contribution is 2.33. The van der Waals surface area contributed by atoms with Gasteiger partial charge in [0.05, 0.1) is 4.88 Å². The number of thiophene rings is 1. The molecule has 0 bridgehead atoms. The van der Waals surface area contributed by atoms with E-state index < -0.39 is 0 Å². The van der Waals surface area contributed by atoms with Gasteiger partial charge in [0.2, 0.25) is 0 Å². The van der Waals surface area contributed by atoms with Crippen LogP contribution in [0.5, 0.6) is 11.5 Å². The second kappa shape index (κ2) is 4.90. The fraction of sp³-hybridized carbons (Fsp3) is 0.154. The van der Waals surface area contributed by atoms with Crippen molar-refractivity contribution >= 4 is 29.2 Å². The van der Waals surface area contributed by atoms with Gasteiger partial charge in [-0.05, 0) is 37.1 Å². The highest BCUT2D eigenvalue weighted by atomic mass is 35.5. The predicted octanol–water partition coefficient (Wildman–Crippen LogP) is 4.62. The molecule has 1 heterocycles. The maximum absolute atomic E-state index is 10.6. The largest absolute Gasteiger partial charge is 0.456 e. The third-order valence-electron chi connectivity index (χ3n) is 2.36.